The summed E-state index contributed by atoms with van der Waals surface area (Å²) >= 11 is 0. The van der Waals surface area contributed by atoms with Gasteiger partial charge in [0.25, 0.3) is 0 Å². The van der Waals surface area contributed by atoms with Gasteiger partial charge < -0.3 is 155 Å². The molecule has 35 heteroatoms. The Bertz CT molecular complexity index is 2000. The smallest absolute Gasteiger partial charge is 0.217 e. The van der Waals surface area contributed by atoms with Gasteiger partial charge in [0, 0.05) is 34.8 Å². The van der Waals surface area contributed by atoms with E-state index < -0.39 is 247 Å². The molecule has 30 atom stereocenters. The molecule has 0 unspecified atom stereocenters. The van der Waals surface area contributed by atoms with Gasteiger partial charge in [-0.25, -0.2) is 0 Å². The zero-order valence-electron chi connectivity index (χ0n) is 43.8. The summed E-state index contributed by atoms with van der Waals surface area (Å²) in [6, 6.07) is -6.12. The first-order valence-electron chi connectivity index (χ1n) is 25.5. The van der Waals surface area contributed by atoms with E-state index in [4.69, 9.17) is 56.8 Å². The van der Waals surface area contributed by atoms with Gasteiger partial charge in [0.1, 0.15) is 146 Å². The Balaban J connectivity index is 1.16. The number of carbonyl (C=O) groups is 4. The van der Waals surface area contributed by atoms with Crippen LogP contribution in [-0.4, -0.2) is 331 Å². The Morgan fingerprint density at radius 3 is 1.02 bits per heavy atom. The van der Waals surface area contributed by atoms with Crippen molar-refractivity contribution in [3.8, 4) is 0 Å². The fraction of sp³-hybridized carbons (Fsp3) is 0.911. The first kappa shape index (κ1) is 65.9. The second-order valence-corrected chi connectivity index (χ2v) is 20.0. The van der Waals surface area contributed by atoms with Crippen LogP contribution in [0.2, 0.25) is 0 Å². The molecule has 6 fully saturated rings. The molecule has 6 saturated heterocycles. The minimum Gasteiger partial charge on any atom is -0.394 e. The average molecular weight is 1170 g/mol. The van der Waals surface area contributed by atoms with Crippen molar-refractivity contribution in [3.05, 3.63) is 0 Å². The third kappa shape index (κ3) is 14.8. The lowest BCUT2D eigenvalue weighted by Crippen LogP contribution is -2.70. The lowest BCUT2D eigenvalue weighted by atomic mass is 9.94. The molecule has 0 saturated carbocycles. The van der Waals surface area contributed by atoms with Crippen LogP contribution in [0.15, 0.2) is 0 Å². The molecule has 0 aromatic heterocycles. The van der Waals surface area contributed by atoms with Crippen molar-refractivity contribution in [1.29, 1.82) is 0 Å². The van der Waals surface area contributed by atoms with E-state index in [2.05, 4.69) is 21.3 Å². The first-order chi connectivity index (χ1) is 37.8. The number of carbonyl (C=O) groups excluding carboxylic acids is 4. The van der Waals surface area contributed by atoms with E-state index in [0.29, 0.717) is 0 Å². The van der Waals surface area contributed by atoms with Gasteiger partial charge >= 0.3 is 0 Å². The van der Waals surface area contributed by atoms with Crippen molar-refractivity contribution in [3.63, 3.8) is 0 Å². The highest BCUT2D eigenvalue weighted by Gasteiger charge is 2.57. The van der Waals surface area contributed by atoms with Gasteiger partial charge in [0.2, 0.25) is 23.6 Å². The highest BCUT2D eigenvalue weighted by atomic mass is 16.8. The van der Waals surface area contributed by atoms with Crippen LogP contribution in [0.5, 0.6) is 0 Å². The summed E-state index contributed by atoms with van der Waals surface area (Å²) in [5.41, 5.74) is 0. The fourth-order valence-electron chi connectivity index (χ4n) is 10.2. The number of hydrogen-bond donors (Lipinski definition) is 19. The predicted octanol–water partition coefficient (Wildman–Crippen LogP) is -12.9. The van der Waals surface area contributed by atoms with Crippen LogP contribution < -0.4 is 21.3 Å². The third-order valence-corrected chi connectivity index (χ3v) is 14.2. The number of ether oxygens (including phenoxy) is 12. The molecule has 0 spiro atoms. The van der Waals surface area contributed by atoms with Crippen molar-refractivity contribution < 1.29 is 153 Å². The summed E-state index contributed by atoms with van der Waals surface area (Å²) in [6.45, 7) is -1.04. The van der Waals surface area contributed by atoms with Crippen LogP contribution in [0.3, 0.4) is 0 Å². The Kier molecular flexibility index (Phi) is 24.0. The Morgan fingerprint density at radius 1 is 0.338 bits per heavy atom. The topological polar surface area (TPSA) is 531 Å². The van der Waals surface area contributed by atoms with E-state index in [1.807, 2.05) is 0 Å². The predicted molar refractivity (Wildman–Crippen MR) is 250 cm³/mol. The van der Waals surface area contributed by atoms with Crippen molar-refractivity contribution >= 4 is 23.6 Å². The van der Waals surface area contributed by atoms with E-state index in [0.717, 1.165) is 34.8 Å². The minimum atomic E-state index is -2.13. The largest absolute Gasteiger partial charge is 0.394 e. The van der Waals surface area contributed by atoms with Gasteiger partial charge in [-0.3, -0.25) is 19.2 Å². The van der Waals surface area contributed by atoms with Gasteiger partial charge in [-0.05, 0) is 0 Å². The van der Waals surface area contributed by atoms with Gasteiger partial charge in [0.05, 0.1) is 39.6 Å². The maximum Gasteiger partial charge on any atom is 0.217 e. The Morgan fingerprint density at radius 2 is 0.650 bits per heavy atom. The average Bonchev–Trinajstić information content (AvgIpc) is 3.47. The molecule has 35 nitrogen and oxygen atoms in total. The van der Waals surface area contributed by atoms with Gasteiger partial charge in [-0.15, -0.1) is 0 Å². The van der Waals surface area contributed by atoms with Gasteiger partial charge in [0.15, 0.2) is 37.7 Å². The summed E-state index contributed by atoms with van der Waals surface area (Å²) in [5.74, 6) is -2.92. The quantitative estimate of drug-likeness (QED) is 0.0507. The molecular weight excluding hydrogens is 1090 g/mol. The standard InChI is InChI=1S/C45H76N4O31/c1-12(55)46-22-29(62)26(59)16(6-50)71-42(22)77-37-19(9-53)74-44(34(67)32(37)65)79-36-18(8-52)73-41(24(31(36)64)48-14(3)57)70-11-21-28(61)39(25(49-15(4)58)40(69-5)76-21)80-45-35(68)33(66)38(20(10-54)75-45)78-43-23(47-13(2)56)30(63)27(60)17(7-51)72-43/h16-45,50-54,59-68H,6-11H2,1-5H3,(H,46,55)(H,47,56)(H,48,57)(H,49,58)/t16-,17-,18-,19-,20-,21-,22-,23-,24-,25-,26-,27-,28+,29-,30-,31-,32-,33-,34-,35-,36-,37+,38+,39-,40+,41-,42-,43-,44+,45+/m1/s1. The third-order valence-electron chi connectivity index (χ3n) is 14.2. The SMILES string of the molecule is CO[C@H]1O[C@H](CO[C@@H]2O[C@H](CO)[C@@H](O[C@@H]3O[C@H](CO)[C@H](O[C@H]4O[C@H](CO)[C@@H](O)[C@H](O)[C@H]4NC(C)=O)[C@H](O)[C@H]3O)[C@H](O)[C@H]2NC(C)=O)[C@H](O)[C@H](O[C@@H]2O[C@H](CO)[C@H](O[C@H]3O[C@H](CO)[C@@H](O)[C@H](O)[C@H]3NC(C)=O)[C@H](O)[C@H]2O)[C@H]1NC(C)=O. The minimum absolute atomic E-state index is 0.710. The highest BCUT2D eigenvalue weighted by Crippen LogP contribution is 2.36. The molecule has 0 aromatic rings. The summed E-state index contributed by atoms with van der Waals surface area (Å²) in [6.07, 6.45) is -46.3. The van der Waals surface area contributed by atoms with Crippen LogP contribution in [0.25, 0.3) is 0 Å². The van der Waals surface area contributed by atoms with Crippen LogP contribution in [0.1, 0.15) is 27.7 Å². The zero-order valence-corrected chi connectivity index (χ0v) is 43.8. The van der Waals surface area contributed by atoms with Crippen molar-refractivity contribution in [2.75, 3.05) is 46.8 Å². The van der Waals surface area contributed by atoms with Crippen LogP contribution in [0.4, 0.5) is 0 Å². The lowest BCUT2D eigenvalue weighted by molar-refractivity contribution is -0.372. The molecule has 6 aliphatic rings. The molecule has 19 N–H and O–H groups in total. The highest BCUT2D eigenvalue weighted by molar-refractivity contribution is 5.74. The summed E-state index contributed by atoms with van der Waals surface area (Å²) in [4.78, 5) is 49.1. The molecule has 0 aliphatic carbocycles. The Hall–Kier alpha value is -3.20. The number of methoxy groups -OCH3 is 1. The van der Waals surface area contributed by atoms with E-state index in [1.165, 1.54) is 0 Å². The molecule has 4 amide bonds. The summed E-state index contributed by atoms with van der Waals surface area (Å²) in [5, 5.41) is 172. The molecule has 462 valence electrons. The maximum atomic E-state index is 12.6. The molecule has 0 radical (unpaired) electrons. The van der Waals surface area contributed by atoms with Crippen molar-refractivity contribution in [2.45, 2.75) is 212 Å². The van der Waals surface area contributed by atoms with E-state index in [-0.39, 0.29) is 0 Å². The van der Waals surface area contributed by atoms with Crippen LogP contribution in [0, 0.1) is 0 Å². The molecule has 0 bridgehead atoms. The first-order valence-corrected chi connectivity index (χ1v) is 25.5. The number of amides is 4. The van der Waals surface area contributed by atoms with Gasteiger partial charge in [-0.1, -0.05) is 0 Å². The van der Waals surface area contributed by atoms with Crippen LogP contribution >= 0.6 is 0 Å². The second kappa shape index (κ2) is 29.1. The maximum absolute atomic E-state index is 12.6. The summed E-state index contributed by atoms with van der Waals surface area (Å²) in [7, 11) is 1.14. The second-order valence-electron chi connectivity index (χ2n) is 20.0. The van der Waals surface area contributed by atoms with Crippen LogP contribution in [-0.2, 0) is 76.0 Å². The normalized spacial score (nSPS) is 46.2. The number of hydrogen-bond acceptors (Lipinski definition) is 31. The number of aliphatic hydroxyl groups excluding tert-OH is 15. The van der Waals surface area contributed by atoms with Gasteiger partial charge in [-0.2, -0.15) is 0 Å². The lowest BCUT2D eigenvalue weighted by Gasteiger charge is -2.50. The molecule has 0 aromatic carbocycles. The number of nitrogens with one attached hydrogen (secondary N) is 4. The molecule has 6 heterocycles. The zero-order chi connectivity index (χ0) is 59.2. The summed E-state index contributed by atoms with van der Waals surface area (Å²) < 4.78 is 69.7. The molecule has 6 aliphatic heterocycles. The monoisotopic (exact) mass is 1170 g/mol. The van der Waals surface area contributed by atoms with Crippen molar-refractivity contribution in [1.82, 2.24) is 21.3 Å². The van der Waals surface area contributed by atoms with E-state index >= 15 is 0 Å². The molecular formula is C45H76N4O31. The van der Waals surface area contributed by atoms with Crippen molar-refractivity contribution in [2.24, 2.45) is 0 Å². The number of aliphatic hydroxyl groups is 15. The Labute approximate surface area is 455 Å². The van der Waals surface area contributed by atoms with E-state index in [1.54, 1.807) is 0 Å². The molecule has 6 rings (SSSR count). The van der Waals surface area contributed by atoms with E-state index in [9.17, 15) is 95.8 Å². The number of rotatable bonds is 21. The molecule has 80 heavy (non-hydrogen) atoms. The fourth-order valence-corrected chi connectivity index (χ4v) is 10.2.